The average Bonchev–Trinajstić information content (AvgIpc) is 3.12. The van der Waals surface area contributed by atoms with Gasteiger partial charge in [-0.2, -0.15) is 4.31 Å². The van der Waals surface area contributed by atoms with E-state index < -0.39 is 10.0 Å². The molecular weight excluding hydrogens is 426 g/mol. The number of hydrogen-bond acceptors (Lipinski definition) is 5. The predicted molar refractivity (Wildman–Crippen MR) is 123 cm³/mol. The number of benzene rings is 2. The van der Waals surface area contributed by atoms with E-state index in [1.807, 2.05) is 24.3 Å². The van der Waals surface area contributed by atoms with Crippen molar-refractivity contribution in [3.8, 4) is 0 Å². The fourth-order valence-corrected chi connectivity index (χ4v) is 6.94. The van der Waals surface area contributed by atoms with Crippen molar-refractivity contribution in [2.75, 3.05) is 18.4 Å². The second-order valence-corrected chi connectivity index (χ2v) is 10.8. The highest BCUT2D eigenvalue weighted by Crippen LogP contribution is 2.51. The summed E-state index contributed by atoms with van der Waals surface area (Å²) >= 11 is 0. The van der Waals surface area contributed by atoms with Crippen LogP contribution >= 0.6 is 0 Å². The van der Waals surface area contributed by atoms with Gasteiger partial charge in [-0.1, -0.05) is 43.2 Å². The van der Waals surface area contributed by atoms with E-state index in [-0.39, 0.29) is 28.5 Å². The maximum atomic E-state index is 13.3. The maximum absolute atomic E-state index is 13.3. The first-order chi connectivity index (χ1) is 15.5. The van der Waals surface area contributed by atoms with Gasteiger partial charge in [0.05, 0.1) is 21.4 Å². The second-order valence-electron chi connectivity index (χ2n) is 8.86. The molecule has 1 N–H and O–H groups in total. The molecule has 1 fully saturated rings. The van der Waals surface area contributed by atoms with Crippen LogP contribution in [0.15, 0.2) is 59.5 Å². The van der Waals surface area contributed by atoms with E-state index in [1.54, 1.807) is 22.5 Å². The zero-order chi connectivity index (χ0) is 22.3. The van der Waals surface area contributed by atoms with Gasteiger partial charge in [0.25, 0.3) is 5.69 Å². The molecule has 3 atom stereocenters. The Labute approximate surface area is 188 Å². The minimum atomic E-state index is -3.54. The number of hydrogen-bond donors (Lipinski definition) is 1. The van der Waals surface area contributed by atoms with E-state index in [2.05, 4.69) is 17.5 Å². The van der Waals surface area contributed by atoms with Crippen LogP contribution in [0.4, 0.5) is 11.4 Å². The molecule has 3 unspecified atom stereocenters. The largest absolute Gasteiger partial charge is 0.377 e. The number of sulfonamides is 1. The smallest absolute Gasteiger partial charge is 0.274 e. The van der Waals surface area contributed by atoms with E-state index in [4.69, 9.17) is 0 Å². The summed E-state index contributed by atoms with van der Waals surface area (Å²) in [5, 5.41) is 15.1. The Morgan fingerprint density at radius 3 is 2.50 bits per heavy atom. The summed E-state index contributed by atoms with van der Waals surface area (Å²) in [7, 11) is -3.54. The van der Waals surface area contributed by atoms with Gasteiger partial charge in [-0.25, -0.2) is 8.42 Å². The Kier molecular flexibility index (Phi) is 5.51. The van der Waals surface area contributed by atoms with Gasteiger partial charge < -0.3 is 5.32 Å². The highest BCUT2D eigenvalue weighted by Gasteiger charge is 2.41. The number of allylic oxidation sites excluding steroid dienone is 2. The Morgan fingerprint density at radius 1 is 1.00 bits per heavy atom. The second kappa shape index (κ2) is 8.33. The molecule has 32 heavy (non-hydrogen) atoms. The molecule has 0 aromatic heterocycles. The van der Waals surface area contributed by atoms with Crippen molar-refractivity contribution in [1.29, 1.82) is 0 Å². The molecule has 0 bridgehead atoms. The molecule has 5 rings (SSSR count). The predicted octanol–water partition coefficient (Wildman–Crippen LogP) is 4.99. The highest BCUT2D eigenvalue weighted by molar-refractivity contribution is 7.89. The minimum Gasteiger partial charge on any atom is -0.377 e. The molecule has 8 heteroatoms. The van der Waals surface area contributed by atoms with Gasteiger partial charge in [0, 0.05) is 30.8 Å². The molecule has 2 aliphatic heterocycles. The SMILES string of the molecule is O=[N+]([O-])c1ccccc1C1Nc2ccc(S(=O)(=O)N3CCCCCC3)cc2C2C=CCC21. The lowest BCUT2D eigenvalue weighted by Gasteiger charge is -2.37. The van der Waals surface area contributed by atoms with Crippen molar-refractivity contribution in [3.05, 3.63) is 75.9 Å². The molecule has 0 spiro atoms. The Hall–Kier alpha value is -2.71. The zero-order valence-corrected chi connectivity index (χ0v) is 18.6. The van der Waals surface area contributed by atoms with Crippen LogP contribution in [0.5, 0.6) is 0 Å². The van der Waals surface area contributed by atoms with Crippen molar-refractivity contribution in [2.24, 2.45) is 5.92 Å². The highest BCUT2D eigenvalue weighted by atomic mass is 32.2. The summed E-state index contributed by atoms with van der Waals surface area (Å²) in [6.45, 7) is 1.15. The quantitative estimate of drug-likeness (QED) is 0.400. The third-order valence-corrected chi connectivity index (χ3v) is 8.90. The van der Waals surface area contributed by atoms with Crippen molar-refractivity contribution in [1.82, 2.24) is 4.31 Å². The molecule has 1 saturated heterocycles. The van der Waals surface area contributed by atoms with Gasteiger partial charge in [-0.15, -0.1) is 0 Å². The first-order valence-corrected chi connectivity index (χ1v) is 12.7. The van der Waals surface area contributed by atoms with Crippen LogP contribution in [0.1, 0.15) is 55.2 Å². The summed E-state index contributed by atoms with van der Waals surface area (Å²) in [6, 6.07) is 12.0. The third-order valence-electron chi connectivity index (χ3n) is 7.01. The van der Waals surface area contributed by atoms with Gasteiger partial charge in [-0.3, -0.25) is 10.1 Å². The van der Waals surface area contributed by atoms with Crippen LogP contribution in [0, 0.1) is 16.0 Å². The first-order valence-electron chi connectivity index (χ1n) is 11.3. The third kappa shape index (κ3) is 3.61. The van der Waals surface area contributed by atoms with E-state index in [0.717, 1.165) is 43.4 Å². The molecule has 168 valence electrons. The lowest BCUT2D eigenvalue weighted by Crippen LogP contribution is -2.33. The molecule has 1 aliphatic carbocycles. The number of nitrogens with one attached hydrogen (secondary N) is 1. The first kappa shape index (κ1) is 21.2. The van der Waals surface area contributed by atoms with Gasteiger partial charge in [-0.05, 0) is 48.9 Å². The van der Waals surface area contributed by atoms with Crippen LogP contribution in [-0.2, 0) is 10.0 Å². The van der Waals surface area contributed by atoms with Gasteiger partial charge >= 0.3 is 0 Å². The van der Waals surface area contributed by atoms with Gasteiger partial charge in [0.15, 0.2) is 0 Å². The molecule has 0 amide bonds. The van der Waals surface area contributed by atoms with Crippen molar-refractivity contribution in [2.45, 2.75) is 49.0 Å². The molecule has 2 heterocycles. The Morgan fingerprint density at radius 2 is 1.75 bits per heavy atom. The molecule has 2 aromatic carbocycles. The van der Waals surface area contributed by atoms with Crippen LogP contribution in [0.25, 0.3) is 0 Å². The van der Waals surface area contributed by atoms with E-state index in [9.17, 15) is 18.5 Å². The molecule has 0 radical (unpaired) electrons. The van der Waals surface area contributed by atoms with Crippen molar-refractivity contribution < 1.29 is 13.3 Å². The van der Waals surface area contributed by atoms with Crippen LogP contribution in [0.2, 0.25) is 0 Å². The van der Waals surface area contributed by atoms with Crippen LogP contribution in [-0.4, -0.2) is 30.7 Å². The summed E-state index contributed by atoms with van der Waals surface area (Å²) in [4.78, 5) is 11.6. The van der Waals surface area contributed by atoms with E-state index in [1.165, 1.54) is 0 Å². The number of nitrogens with zero attached hydrogens (tertiary/aromatic N) is 2. The summed E-state index contributed by atoms with van der Waals surface area (Å²) in [5.41, 5.74) is 2.58. The van der Waals surface area contributed by atoms with Gasteiger partial charge in [0.1, 0.15) is 0 Å². The minimum absolute atomic E-state index is 0.0235. The van der Waals surface area contributed by atoms with Crippen molar-refractivity contribution in [3.63, 3.8) is 0 Å². The van der Waals surface area contributed by atoms with E-state index in [0.29, 0.717) is 23.5 Å². The fourth-order valence-electron chi connectivity index (χ4n) is 5.39. The van der Waals surface area contributed by atoms with Crippen molar-refractivity contribution >= 4 is 21.4 Å². The number of rotatable bonds is 4. The molecule has 7 nitrogen and oxygen atoms in total. The maximum Gasteiger partial charge on any atom is 0.274 e. The lowest BCUT2D eigenvalue weighted by molar-refractivity contribution is -0.385. The number of para-hydroxylation sites is 1. The molecule has 2 aromatic rings. The van der Waals surface area contributed by atoms with Crippen LogP contribution in [0.3, 0.4) is 0 Å². The summed E-state index contributed by atoms with van der Waals surface area (Å²) < 4.78 is 28.3. The number of fused-ring (bicyclic) bond motifs is 3. The zero-order valence-electron chi connectivity index (χ0n) is 17.8. The Bertz CT molecular complexity index is 1170. The average molecular weight is 454 g/mol. The normalized spacial score (nSPS) is 25.4. The monoisotopic (exact) mass is 453 g/mol. The van der Waals surface area contributed by atoms with Crippen LogP contribution < -0.4 is 5.32 Å². The molecular formula is C24H27N3O4S. The topological polar surface area (TPSA) is 92.5 Å². The Balaban J connectivity index is 1.52. The number of anilines is 1. The summed E-state index contributed by atoms with van der Waals surface area (Å²) in [6.07, 6.45) is 8.95. The summed E-state index contributed by atoms with van der Waals surface area (Å²) in [5.74, 6) is 0.120. The molecule has 3 aliphatic rings. The number of nitro groups is 1. The van der Waals surface area contributed by atoms with E-state index >= 15 is 0 Å². The number of nitro benzene ring substituents is 1. The molecule has 0 saturated carbocycles. The standard InChI is InChI=1S/C24H27N3O4S/c28-27(29)23-11-4-3-8-20(23)24-19-10-7-9-18(19)21-16-17(12-13-22(21)25-24)32(30,31)26-14-5-1-2-6-15-26/h3-4,7-9,11-13,16,18-19,24-25H,1-2,5-6,10,14-15H2. The fraction of sp³-hybridized carbons (Fsp3) is 0.417. The van der Waals surface area contributed by atoms with Gasteiger partial charge in [0.2, 0.25) is 10.0 Å². The lowest BCUT2D eigenvalue weighted by atomic mass is 9.76.